The molecule has 0 aromatic carbocycles. The zero-order chi connectivity index (χ0) is 14.4. The van der Waals surface area contributed by atoms with Gasteiger partial charge in [-0.2, -0.15) is 0 Å². The monoisotopic (exact) mass is 267 g/mol. The summed E-state index contributed by atoms with van der Waals surface area (Å²) in [5.74, 6) is 0.596. The summed E-state index contributed by atoms with van der Waals surface area (Å²) >= 11 is 0. The van der Waals surface area contributed by atoms with Crippen LogP contribution in [-0.2, 0) is 17.7 Å². The van der Waals surface area contributed by atoms with Crippen LogP contribution in [0.4, 0.5) is 0 Å². The molecule has 19 heavy (non-hydrogen) atoms. The Balaban J connectivity index is 3.00. The number of hydrogen-bond acceptors (Lipinski definition) is 4. The minimum absolute atomic E-state index is 0.359. The van der Waals surface area contributed by atoms with Crippen molar-refractivity contribution in [3.63, 3.8) is 0 Å². The first-order chi connectivity index (χ1) is 8.99. The van der Waals surface area contributed by atoms with E-state index in [1.54, 1.807) is 6.92 Å². The Kier molecular flexibility index (Phi) is 5.99. The molecule has 0 fully saturated rings. The summed E-state index contributed by atoms with van der Waals surface area (Å²) in [6.07, 6.45) is 1.87. The topological polar surface area (TPSA) is 57.0 Å². The van der Waals surface area contributed by atoms with E-state index in [2.05, 4.69) is 38.0 Å². The van der Waals surface area contributed by atoms with Crippen LogP contribution in [0.15, 0.2) is 0 Å². The average Bonchev–Trinajstić information content (AvgIpc) is 2.72. The van der Waals surface area contributed by atoms with Gasteiger partial charge in [0.25, 0.3) is 0 Å². The number of rotatable bonds is 7. The molecule has 1 rings (SSSR count). The Bertz CT molecular complexity index is 413. The first-order valence-electron chi connectivity index (χ1n) is 7.08. The van der Waals surface area contributed by atoms with Crippen LogP contribution in [0.2, 0.25) is 0 Å². The highest BCUT2D eigenvalue weighted by Crippen LogP contribution is 2.15. The van der Waals surface area contributed by atoms with E-state index in [1.165, 1.54) is 0 Å². The third-order valence-corrected chi connectivity index (χ3v) is 3.09. The highest BCUT2D eigenvalue weighted by Gasteiger charge is 2.22. The predicted octanol–water partition coefficient (Wildman–Crippen LogP) is 2.70. The number of nitrogens with zero attached hydrogens (tertiary/aromatic N) is 3. The van der Waals surface area contributed by atoms with Gasteiger partial charge in [0.05, 0.1) is 12.3 Å². The van der Waals surface area contributed by atoms with Crippen LogP contribution >= 0.6 is 0 Å². The molecule has 0 aliphatic heterocycles. The highest BCUT2D eigenvalue weighted by atomic mass is 16.5. The molecule has 0 radical (unpaired) electrons. The number of hydrogen-bond donors (Lipinski definition) is 0. The number of esters is 1. The molecule has 1 heterocycles. The van der Waals surface area contributed by atoms with Crippen LogP contribution in [0.25, 0.3) is 0 Å². The third kappa shape index (κ3) is 4.33. The molecule has 1 unspecified atom stereocenters. The van der Waals surface area contributed by atoms with E-state index in [0.29, 0.717) is 24.1 Å². The Morgan fingerprint density at radius 3 is 2.53 bits per heavy atom. The van der Waals surface area contributed by atoms with Crippen molar-refractivity contribution in [1.82, 2.24) is 15.0 Å². The van der Waals surface area contributed by atoms with E-state index >= 15 is 0 Å². The van der Waals surface area contributed by atoms with Gasteiger partial charge in [-0.1, -0.05) is 39.3 Å². The van der Waals surface area contributed by atoms with E-state index in [0.717, 1.165) is 25.1 Å². The molecule has 5 heteroatoms. The largest absolute Gasteiger partial charge is 0.461 e. The van der Waals surface area contributed by atoms with Crippen LogP contribution < -0.4 is 0 Å². The second kappa shape index (κ2) is 7.26. The summed E-state index contributed by atoms with van der Waals surface area (Å²) < 4.78 is 6.90. The fraction of sp³-hybridized carbons (Fsp3) is 0.786. The zero-order valence-electron chi connectivity index (χ0n) is 12.6. The molecule has 1 atom stereocenters. The summed E-state index contributed by atoms with van der Waals surface area (Å²) in [4.78, 5) is 11.9. The van der Waals surface area contributed by atoms with Gasteiger partial charge in [0.2, 0.25) is 0 Å². The molecule has 0 aliphatic rings. The molecule has 0 N–H and O–H groups in total. The number of ether oxygens (including phenoxy) is 1. The Hall–Kier alpha value is -1.39. The second-order valence-electron chi connectivity index (χ2n) is 5.40. The molecule has 5 nitrogen and oxygen atoms in total. The van der Waals surface area contributed by atoms with Gasteiger partial charge in [-0.25, -0.2) is 9.48 Å². The van der Waals surface area contributed by atoms with Crippen LogP contribution in [0.5, 0.6) is 0 Å². The quantitative estimate of drug-likeness (QED) is 0.713. The molecule has 0 saturated carbocycles. The maximum atomic E-state index is 11.9. The minimum atomic E-state index is -0.367. The lowest BCUT2D eigenvalue weighted by molar-refractivity contribution is 0.0517. The smallest absolute Gasteiger partial charge is 0.360 e. The Labute approximate surface area is 115 Å². The van der Waals surface area contributed by atoms with Crippen molar-refractivity contribution in [2.45, 2.75) is 54.0 Å². The van der Waals surface area contributed by atoms with Gasteiger partial charge in [-0.15, -0.1) is 5.10 Å². The number of carbonyl (C=O) groups excluding carboxylic acids is 1. The lowest BCUT2D eigenvalue weighted by atomic mass is 10.1. The molecular formula is C14H25N3O2. The van der Waals surface area contributed by atoms with Crippen molar-refractivity contribution < 1.29 is 9.53 Å². The molecular weight excluding hydrogens is 242 g/mol. The van der Waals surface area contributed by atoms with Gasteiger partial charge in [0.15, 0.2) is 5.69 Å². The summed E-state index contributed by atoms with van der Waals surface area (Å²) in [6.45, 7) is 11.5. The molecule has 0 saturated heterocycles. The first-order valence-corrected chi connectivity index (χ1v) is 7.08. The summed E-state index contributed by atoms with van der Waals surface area (Å²) in [7, 11) is 0. The minimum Gasteiger partial charge on any atom is -0.461 e. The lowest BCUT2D eigenvalue weighted by Crippen LogP contribution is -2.15. The van der Waals surface area contributed by atoms with Crippen molar-refractivity contribution in [3.05, 3.63) is 11.4 Å². The van der Waals surface area contributed by atoms with Gasteiger partial charge in [-0.05, 0) is 25.2 Å². The van der Waals surface area contributed by atoms with Crippen molar-refractivity contribution in [1.29, 1.82) is 0 Å². The maximum Gasteiger partial charge on any atom is 0.360 e. The van der Waals surface area contributed by atoms with Gasteiger partial charge in [0.1, 0.15) is 0 Å². The summed E-state index contributed by atoms with van der Waals surface area (Å²) in [6, 6.07) is 0. The van der Waals surface area contributed by atoms with Crippen LogP contribution in [-0.4, -0.2) is 27.6 Å². The fourth-order valence-electron chi connectivity index (χ4n) is 1.85. The van der Waals surface area contributed by atoms with Gasteiger partial charge < -0.3 is 4.74 Å². The van der Waals surface area contributed by atoms with Crippen LogP contribution in [0.3, 0.4) is 0 Å². The zero-order valence-corrected chi connectivity index (χ0v) is 12.6. The summed E-state index contributed by atoms with van der Waals surface area (Å²) in [5, 5.41) is 8.14. The van der Waals surface area contributed by atoms with Crippen LogP contribution in [0.1, 0.15) is 57.2 Å². The molecule has 1 aromatic rings. The highest BCUT2D eigenvalue weighted by molar-refractivity contribution is 5.88. The van der Waals surface area contributed by atoms with E-state index in [4.69, 9.17) is 4.74 Å². The average molecular weight is 267 g/mol. The molecule has 108 valence electrons. The van der Waals surface area contributed by atoms with Gasteiger partial charge >= 0.3 is 5.97 Å². The number of aromatic nitrogens is 3. The van der Waals surface area contributed by atoms with Crippen molar-refractivity contribution in [3.8, 4) is 0 Å². The normalized spacial score (nSPS) is 12.7. The second-order valence-corrected chi connectivity index (χ2v) is 5.40. The Morgan fingerprint density at radius 2 is 2.00 bits per heavy atom. The molecule has 0 spiro atoms. The standard InChI is InChI=1S/C14H25N3O2/c1-6-11(5)9-17-12(8-10(3)4)13(15-16-17)14(18)19-7-2/h10-11H,6-9H2,1-5H3. The third-order valence-electron chi connectivity index (χ3n) is 3.09. The summed E-state index contributed by atoms with van der Waals surface area (Å²) in [5.41, 5.74) is 1.27. The maximum absolute atomic E-state index is 11.9. The van der Waals surface area contributed by atoms with E-state index in [9.17, 15) is 4.79 Å². The Morgan fingerprint density at radius 1 is 1.32 bits per heavy atom. The fourth-order valence-corrected chi connectivity index (χ4v) is 1.85. The molecule has 1 aromatic heterocycles. The van der Waals surface area contributed by atoms with Crippen molar-refractivity contribution in [2.24, 2.45) is 11.8 Å². The molecule has 0 amide bonds. The van der Waals surface area contributed by atoms with Gasteiger partial charge in [-0.3, -0.25) is 0 Å². The van der Waals surface area contributed by atoms with Gasteiger partial charge in [0, 0.05) is 6.54 Å². The SMILES string of the molecule is CCOC(=O)c1nnn(CC(C)CC)c1CC(C)C. The lowest BCUT2D eigenvalue weighted by Gasteiger charge is -2.13. The van der Waals surface area contributed by atoms with Crippen molar-refractivity contribution in [2.75, 3.05) is 6.61 Å². The van der Waals surface area contributed by atoms with E-state index in [-0.39, 0.29) is 5.97 Å². The molecule has 0 aliphatic carbocycles. The van der Waals surface area contributed by atoms with Crippen molar-refractivity contribution >= 4 is 5.97 Å². The van der Waals surface area contributed by atoms with Crippen LogP contribution in [0, 0.1) is 11.8 Å². The van der Waals surface area contributed by atoms with E-state index in [1.807, 2.05) is 4.68 Å². The van der Waals surface area contributed by atoms with E-state index < -0.39 is 0 Å². The predicted molar refractivity (Wildman–Crippen MR) is 74.0 cm³/mol. The first kappa shape index (κ1) is 15.7. The number of carbonyl (C=O) groups is 1. The molecule has 0 bridgehead atoms.